The van der Waals surface area contributed by atoms with Gasteiger partial charge in [-0.1, -0.05) is 41.4 Å². The van der Waals surface area contributed by atoms with Crippen molar-refractivity contribution >= 4 is 69.8 Å². The number of carbonyl (C=O) groups is 4. The highest BCUT2D eigenvalue weighted by Gasteiger charge is 2.77. The third-order valence-corrected chi connectivity index (χ3v) is 12.0. The number of anilines is 2. The van der Waals surface area contributed by atoms with Crippen molar-refractivity contribution in [3.8, 4) is 5.75 Å². The fourth-order valence-electron chi connectivity index (χ4n) is 7.84. The summed E-state index contributed by atoms with van der Waals surface area (Å²) in [5.41, 5.74) is -0.461. The second-order valence-electron chi connectivity index (χ2n) is 12.8. The van der Waals surface area contributed by atoms with E-state index in [0.717, 1.165) is 4.90 Å². The van der Waals surface area contributed by atoms with E-state index in [4.69, 9.17) is 44.6 Å². The molecule has 0 bridgehead atoms. The van der Waals surface area contributed by atoms with Crippen LogP contribution in [0, 0.1) is 53.8 Å². The summed E-state index contributed by atoms with van der Waals surface area (Å²) in [6, 6.07) is 10.4. The number of carbonyl (C=O) groups excluding carboxylic acids is 4. The van der Waals surface area contributed by atoms with E-state index in [1.54, 1.807) is 25.1 Å². The number of hydrogen-bond donors (Lipinski definition) is 1. The van der Waals surface area contributed by atoms with Crippen LogP contribution in [0.1, 0.15) is 29.9 Å². The van der Waals surface area contributed by atoms with E-state index in [2.05, 4.69) is 0 Å². The smallest absolute Gasteiger partial charge is 0.258 e. The number of ether oxygens (including phenoxy) is 1. The van der Waals surface area contributed by atoms with Gasteiger partial charge in [0.05, 0.1) is 24.1 Å². The van der Waals surface area contributed by atoms with Crippen LogP contribution in [0.5, 0.6) is 5.75 Å². The Morgan fingerprint density at radius 1 is 0.843 bits per heavy atom. The van der Waals surface area contributed by atoms with Crippen molar-refractivity contribution in [2.24, 2.45) is 17.8 Å². The number of rotatable bonds is 6. The van der Waals surface area contributed by atoms with Crippen LogP contribution in [0.15, 0.2) is 54.1 Å². The van der Waals surface area contributed by atoms with Crippen molar-refractivity contribution in [3.63, 3.8) is 0 Å². The van der Waals surface area contributed by atoms with Crippen LogP contribution in [0.2, 0.25) is 5.02 Å². The average molecular weight is 770 g/mol. The molecule has 8 nitrogen and oxygen atoms in total. The molecule has 2 heterocycles. The number of fused-ring (bicyclic) bond motifs is 4. The van der Waals surface area contributed by atoms with Crippen LogP contribution < -0.4 is 14.5 Å². The number of allylic oxidation sites excluding steroid dienone is 2. The maximum Gasteiger partial charge on any atom is 0.258 e. The normalized spacial score (nSPS) is 28.5. The Morgan fingerprint density at radius 2 is 1.47 bits per heavy atom. The second-order valence-corrected chi connectivity index (χ2v) is 14.4. The van der Waals surface area contributed by atoms with Gasteiger partial charge in [0.15, 0.2) is 33.0 Å². The molecular formula is C35H24Cl3F5N2O6. The number of imide groups is 2. The Labute approximate surface area is 301 Å². The summed E-state index contributed by atoms with van der Waals surface area (Å²) < 4.78 is 78.8. The lowest BCUT2D eigenvalue weighted by Crippen LogP contribution is -2.60. The van der Waals surface area contributed by atoms with Gasteiger partial charge >= 0.3 is 0 Å². The first kappa shape index (κ1) is 35.4. The van der Waals surface area contributed by atoms with Gasteiger partial charge < -0.3 is 9.84 Å². The largest absolute Gasteiger partial charge is 0.491 e. The summed E-state index contributed by atoms with van der Waals surface area (Å²) in [5.74, 6) is -21.0. The van der Waals surface area contributed by atoms with E-state index in [1.165, 1.54) is 30.3 Å². The third kappa shape index (κ3) is 4.80. The van der Waals surface area contributed by atoms with Crippen LogP contribution in [-0.2, 0) is 19.2 Å². The fraction of sp³-hybridized carbons (Fsp3) is 0.314. The lowest BCUT2D eigenvalue weighted by molar-refractivity contribution is -0.125. The van der Waals surface area contributed by atoms with Crippen LogP contribution in [0.25, 0.3) is 0 Å². The molecule has 6 atom stereocenters. The zero-order valence-corrected chi connectivity index (χ0v) is 28.4. The summed E-state index contributed by atoms with van der Waals surface area (Å²) in [5, 5.41) is 9.44. The van der Waals surface area contributed by atoms with E-state index in [0.29, 0.717) is 16.2 Å². The first-order valence-corrected chi connectivity index (χ1v) is 16.7. The van der Waals surface area contributed by atoms with Crippen LogP contribution >= 0.6 is 34.8 Å². The van der Waals surface area contributed by atoms with Gasteiger partial charge in [-0.2, -0.15) is 0 Å². The van der Waals surface area contributed by atoms with Crippen LogP contribution in [-0.4, -0.2) is 51.7 Å². The Hall–Kier alpha value is -4.04. The number of aryl methyl sites for hydroxylation is 1. The van der Waals surface area contributed by atoms with Gasteiger partial charge in [0.25, 0.3) is 11.8 Å². The summed E-state index contributed by atoms with van der Waals surface area (Å²) >= 11 is 20.6. The van der Waals surface area contributed by atoms with Crippen molar-refractivity contribution in [2.75, 3.05) is 23.0 Å². The lowest BCUT2D eigenvalue weighted by atomic mass is 9.56. The van der Waals surface area contributed by atoms with E-state index >= 15 is 8.78 Å². The molecule has 0 spiro atoms. The molecule has 4 amide bonds. The van der Waals surface area contributed by atoms with Gasteiger partial charge in [-0.3, -0.25) is 19.2 Å². The standard InChI is InChI=1S/C35H24Cl3F5N2O6/c1-14-2-5-16(12-21(14)36)44-30(47)19-9-8-18-20(22(19)31(44)48)13-34(37)32(49)45(29-27(42)25(40)24(39)26(41)28(29)43)33(50)35(34,38)23(18)15-3-6-17(7-4-15)51-11-10-46/h2-8,12,19-20,22-23,46H,9-11,13H2,1H3/t19-,20+,22-,23-,34+,35-/m0/s1. The summed E-state index contributed by atoms with van der Waals surface area (Å²) in [7, 11) is 0. The van der Waals surface area contributed by atoms with Gasteiger partial charge in [-0.05, 0) is 61.1 Å². The number of benzene rings is 3. The highest BCUT2D eigenvalue weighted by atomic mass is 35.5. The summed E-state index contributed by atoms with van der Waals surface area (Å²) in [6.45, 7) is 1.37. The number of amides is 4. The zero-order chi connectivity index (χ0) is 36.9. The molecule has 2 aliphatic carbocycles. The molecule has 4 aliphatic rings. The molecule has 2 aliphatic heterocycles. The average Bonchev–Trinajstić information content (AvgIpc) is 3.45. The number of hydrogen-bond acceptors (Lipinski definition) is 6. The Kier molecular flexibility index (Phi) is 8.52. The van der Waals surface area contributed by atoms with Gasteiger partial charge in [-0.25, -0.2) is 31.8 Å². The van der Waals surface area contributed by atoms with Crippen molar-refractivity contribution in [1.29, 1.82) is 0 Å². The van der Waals surface area contributed by atoms with Gasteiger partial charge in [-0.15, -0.1) is 23.2 Å². The Bertz CT molecular complexity index is 2070. The Morgan fingerprint density at radius 3 is 2.08 bits per heavy atom. The zero-order valence-electron chi connectivity index (χ0n) is 26.2. The van der Waals surface area contributed by atoms with Crippen molar-refractivity contribution < 1.29 is 51.0 Å². The fourth-order valence-corrected chi connectivity index (χ4v) is 8.95. The minimum Gasteiger partial charge on any atom is -0.491 e. The molecule has 51 heavy (non-hydrogen) atoms. The highest BCUT2D eigenvalue weighted by Crippen LogP contribution is 2.66. The monoisotopic (exact) mass is 768 g/mol. The molecule has 7 rings (SSSR count). The van der Waals surface area contributed by atoms with Crippen LogP contribution in [0.3, 0.4) is 0 Å². The van der Waals surface area contributed by atoms with E-state index in [1.807, 2.05) is 0 Å². The maximum absolute atomic E-state index is 15.2. The number of nitrogens with zero attached hydrogens (tertiary/aromatic N) is 2. The maximum atomic E-state index is 15.2. The summed E-state index contributed by atoms with van der Waals surface area (Å²) in [6.07, 6.45) is 0.956. The van der Waals surface area contributed by atoms with Gasteiger partial charge in [0.2, 0.25) is 17.6 Å². The van der Waals surface area contributed by atoms with Crippen molar-refractivity contribution in [2.45, 2.75) is 35.4 Å². The highest BCUT2D eigenvalue weighted by molar-refractivity contribution is 6.58. The molecule has 266 valence electrons. The Balaban J connectivity index is 1.40. The molecule has 3 fully saturated rings. The van der Waals surface area contributed by atoms with Crippen molar-refractivity contribution in [1.82, 2.24) is 0 Å². The molecule has 2 saturated heterocycles. The first-order chi connectivity index (χ1) is 24.1. The first-order valence-electron chi connectivity index (χ1n) is 15.6. The minimum absolute atomic E-state index is 0.0168. The number of alkyl halides is 2. The SMILES string of the molecule is Cc1ccc(N2C(=O)[C@H]3[C@H](CC=C4[C@H]3C[C@@]3(Cl)C(=O)N(c5c(F)c(F)c(F)c(F)c5F)C(=O)[C@@]3(Cl)[C@H]4c3ccc(OCCO)cc3)C2=O)cc1Cl. The third-order valence-electron chi connectivity index (χ3n) is 10.2. The van der Waals surface area contributed by atoms with E-state index in [-0.39, 0.29) is 41.5 Å². The number of aliphatic hydroxyl groups excluding tert-OH is 1. The van der Waals surface area contributed by atoms with Crippen LogP contribution in [0.4, 0.5) is 33.3 Å². The minimum atomic E-state index is -2.65. The predicted molar refractivity (Wildman–Crippen MR) is 174 cm³/mol. The molecule has 0 radical (unpaired) electrons. The molecular weight excluding hydrogens is 746 g/mol. The van der Waals surface area contributed by atoms with Crippen molar-refractivity contribution in [3.05, 3.63) is 99.3 Å². The number of aliphatic hydroxyl groups is 1. The van der Waals surface area contributed by atoms with E-state index in [9.17, 15) is 32.3 Å². The second kappa shape index (κ2) is 12.3. The molecule has 1 N–H and O–H groups in total. The topological polar surface area (TPSA) is 104 Å². The molecule has 0 unspecified atom stereocenters. The lowest BCUT2D eigenvalue weighted by Gasteiger charge is -2.50. The summed E-state index contributed by atoms with van der Waals surface area (Å²) in [4.78, 5) is 52.2. The molecule has 0 aromatic heterocycles. The van der Waals surface area contributed by atoms with E-state index < -0.39 is 98.2 Å². The molecule has 3 aromatic rings. The van der Waals surface area contributed by atoms with Gasteiger partial charge in [0.1, 0.15) is 18.0 Å². The predicted octanol–water partition coefficient (Wildman–Crippen LogP) is 6.48. The molecule has 3 aromatic carbocycles. The number of halogens is 8. The van der Waals surface area contributed by atoms with Gasteiger partial charge in [0, 0.05) is 10.9 Å². The quantitative estimate of drug-likeness (QED) is 0.0769. The molecule has 1 saturated carbocycles. The molecule has 16 heteroatoms.